The zero-order valence-corrected chi connectivity index (χ0v) is 7.16. The van der Waals surface area contributed by atoms with Gasteiger partial charge in [0.25, 0.3) is 0 Å². The van der Waals surface area contributed by atoms with Crippen LogP contribution in [0, 0.1) is 10.8 Å². The van der Waals surface area contributed by atoms with E-state index in [2.05, 4.69) is 19.1 Å². The van der Waals surface area contributed by atoms with Crippen molar-refractivity contribution in [2.45, 2.75) is 33.7 Å². The number of nitroso groups, excluding NO2 is 1. The van der Waals surface area contributed by atoms with E-state index in [9.17, 15) is 4.91 Å². The Labute approximate surface area is 62.4 Å². The molecule has 60 valence electrons. The summed E-state index contributed by atoms with van der Waals surface area (Å²) in [6, 6.07) is 0.222. The molecular weight excluding hydrogens is 128 g/mol. The summed E-state index contributed by atoms with van der Waals surface area (Å²) in [6.45, 7) is 8.82. The van der Waals surface area contributed by atoms with Crippen LogP contribution in [0.5, 0.6) is 0 Å². The Morgan fingerprint density at radius 1 is 1.30 bits per heavy atom. The van der Waals surface area contributed by atoms with E-state index in [4.69, 9.17) is 0 Å². The van der Waals surface area contributed by atoms with E-state index in [0.29, 0.717) is 5.92 Å². The molecule has 0 bridgehead atoms. The van der Waals surface area contributed by atoms with Crippen LogP contribution in [-0.2, 0) is 0 Å². The van der Waals surface area contributed by atoms with Gasteiger partial charge >= 0.3 is 0 Å². The minimum atomic E-state index is 0.222. The molecule has 0 saturated carbocycles. The zero-order valence-electron chi connectivity index (χ0n) is 7.16. The van der Waals surface area contributed by atoms with Crippen molar-refractivity contribution < 1.29 is 0 Å². The van der Waals surface area contributed by atoms with Crippen LogP contribution in [0.4, 0.5) is 0 Å². The van der Waals surface area contributed by atoms with Gasteiger partial charge in [0.2, 0.25) is 0 Å². The predicted octanol–water partition coefficient (Wildman–Crippen LogP) is 2.03. The van der Waals surface area contributed by atoms with Crippen LogP contribution in [0.15, 0.2) is 5.29 Å². The van der Waals surface area contributed by atoms with Gasteiger partial charge in [-0.25, -0.2) is 0 Å². The molecule has 0 atom stereocenters. The highest BCUT2D eigenvalue weighted by Crippen LogP contribution is 2.03. The molecule has 0 aromatic heterocycles. The molecule has 0 rings (SSSR count). The second-order valence-electron chi connectivity index (χ2n) is 3.19. The van der Waals surface area contributed by atoms with Gasteiger partial charge in [0.05, 0.1) is 5.29 Å². The first-order valence-corrected chi connectivity index (χ1v) is 3.67. The first-order chi connectivity index (χ1) is 4.57. The van der Waals surface area contributed by atoms with Gasteiger partial charge in [0, 0.05) is 12.6 Å². The fourth-order valence-corrected chi connectivity index (χ4v) is 0.713. The third kappa shape index (κ3) is 3.43. The minimum absolute atomic E-state index is 0.222. The maximum absolute atomic E-state index is 10.2. The van der Waals surface area contributed by atoms with E-state index in [1.165, 1.54) is 0 Å². The van der Waals surface area contributed by atoms with E-state index < -0.39 is 0 Å². The normalized spacial score (nSPS) is 10.6. The molecule has 3 nitrogen and oxygen atoms in total. The molecule has 0 aliphatic heterocycles. The van der Waals surface area contributed by atoms with Crippen molar-refractivity contribution in [2.24, 2.45) is 11.2 Å². The lowest BCUT2D eigenvalue weighted by atomic mass is 10.2. The summed E-state index contributed by atoms with van der Waals surface area (Å²) < 4.78 is 0. The predicted molar refractivity (Wildman–Crippen MR) is 42.5 cm³/mol. The lowest BCUT2D eigenvalue weighted by molar-refractivity contribution is 0.203. The van der Waals surface area contributed by atoms with Gasteiger partial charge in [0.15, 0.2) is 0 Å². The minimum Gasteiger partial charge on any atom is -0.258 e. The summed E-state index contributed by atoms with van der Waals surface area (Å²) in [5.41, 5.74) is 0. The van der Waals surface area contributed by atoms with E-state index in [1.807, 2.05) is 13.8 Å². The van der Waals surface area contributed by atoms with Crippen molar-refractivity contribution in [2.75, 3.05) is 6.54 Å². The molecule has 0 saturated heterocycles. The molecule has 0 aromatic rings. The lowest BCUT2D eigenvalue weighted by Crippen LogP contribution is -2.28. The molecule has 0 spiro atoms. The maximum Gasteiger partial charge on any atom is 0.0526 e. The molecule has 0 amide bonds. The van der Waals surface area contributed by atoms with Crippen LogP contribution >= 0.6 is 0 Å². The van der Waals surface area contributed by atoms with Crippen molar-refractivity contribution in [1.82, 2.24) is 5.01 Å². The van der Waals surface area contributed by atoms with Crippen molar-refractivity contribution in [3.8, 4) is 0 Å². The molecule has 0 fully saturated rings. The fraction of sp³-hybridized carbons (Fsp3) is 1.00. The molecule has 0 aromatic carbocycles. The van der Waals surface area contributed by atoms with E-state index in [1.54, 1.807) is 5.01 Å². The maximum atomic E-state index is 10.2. The van der Waals surface area contributed by atoms with Crippen molar-refractivity contribution in [1.29, 1.82) is 0 Å². The van der Waals surface area contributed by atoms with E-state index in [-0.39, 0.29) is 6.04 Å². The highest BCUT2D eigenvalue weighted by atomic mass is 16.3. The van der Waals surface area contributed by atoms with Crippen LogP contribution in [0.1, 0.15) is 27.7 Å². The molecule has 0 aliphatic carbocycles. The number of rotatable bonds is 4. The molecular formula is C7H16N2O. The first kappa shape index (κ1) is 9.40. The first-order valence-electron chi connectivity index (χ1n) is 3.67. The lowest BCUT2D eigenvalue weighted by Gasteiger charge is -2.20. The fourth-order valence-electron chi connectivity index (χ4n) is 0.713. The summed E-state index contributed by atoms with van der Waals surface area (Å²) in [5, 5.41) is 4.47. The van der Waals surface area contributed by atoms with Crippen LogP contribution in [0.25, 0.3) is 0 Å². The Hall–Kier alpha value is -0.600. The Morgan fingerprint density at radius 3 is 1.90 bits per heavy atom. The summed E-state index contributed by atoms with van der Waals surface area (Å²) >= 11 is 0. The molecule has 3 heteroatoms. The Morgan fingerprint density at radius 2 is 1.80 bits per heavy atom. The Balaban J connectivity index is 3.71. The average molecular weight is 144 g/mol. The number of hydrogen-bond acceptors (Lipinski definition) is 2. The number of hydrogen-bond donors (Lipinski definition) is 0. The molecule has 0 aliphatic rings. The summed E-state index contributed by atoms with van der Waals surface area (Å²) in [5.74, 6) is 0.500. The summed E-state index contributed by atoms with van der Waals surface area (Å²) in [6.07, 6.45) is 0. The van der Waals surface area contributed by atoms with Crippen LogP contribution in [0.3, 0.4) is 0 Å². The van der Waals surface area contributed by atoms with Crippen LogP contribution in [-0.4, -0.2) is 17.6 Å². The quantitative estimate of drug-likeness (QED) is 0.446. The van der Waals surface area contributed by atoms with Gasteiger partial charge in [-0.05, 0) is 19.8 Å². The Bertz CT molecular complexity index is 102. The second kappa shape index (κ2) is 4.25. The summed E-state index contributed by atoms with van der Waals surface area (Å²) in [4.78, 5) is 10.2. The van der Waals surface area contributed by atoms with Crippen molar-refractivity contribution in [3.63, 3.8) is 0 Å². The van der Waals surface area contributed by atoms with Crippen LogP contribution in [0.2, 0.25) is 0 Å². The Kier molecular flexibility index (Phi) is 4.00. The van der Waals surface area contributed by atoms with Gasteiger partial charge in [-0.2, -0.15) is 0 Å². The molecule has 10 heavy (non-hydrogen) atoms. The molecule has 0 heterocycles. The highest BCUT2D eigenvalue weighted by molar-refractivity contribution is 4.58. The van der Waals surface area contributed by atoms with Gasteiger partial charge in [-0.3, -0.25) is 5.01 Å². The topological polar surface area (TPSA) is 32.7 Å². The average Bonchev–Trinajstić information content (AvgIpc) is 1.81. The monoisotopic (exact) mass is 144 g/mol. The third-order valence-electron chi connectivity index (χ3n) is 1.25. The third-order valence-corrected chi connectivity index (χ3v) is 1.25. The van der Waals surface area contributed by atoms with Crippen LogP contribution < -0.4 is 0 Å². The molecule has 0 radical (unpaired) electrons. The standard InChI is InChI=1S/C7H16N2O/c1-6(2)5-9(8-10)7(3)4/h6-7H,5H2,1-4H3. The largest absolute Gasteiger partial charge is 0.258 e. The second-order valence-corrected chi connectivity index (χ2v) is 3.19. The van der Waals surface area contributed by atoms with Gasteiger partial charge in [-0.15, -0.1) is 4.91 Å². The molecule has 0 N–H and O–H groups in total. The van der Waals surface area contributed by atoms with Gasteiger partial charge in [-0.1, -0.05) is 13.8 Å². The van der Waals surface area contributed by atoms with E-state index in [0.717, 1.165) is 6.54 Å². The summed E-state index contributed by atoms with van der Waals surface area (Å²) in [7, 11) is 0. The molecule has 0 unspecified atom stereocenters. The van der Waals surface area contributed by atoms with Crippen molar-refractivity contribution in [3.05, 3.63) is 4.91 Å². The van der Waals surface area contributed by atoms with Crippen molar-refractivity contribution >= 4 is 0 Å². The SMILES string of the molecule is CC(C)CN(N=O)C(C)C. The zero-order chi connectivity index (χ0) is 8.15. The van der Waals surface area contributed by atoms with E-state index >= 15 is 0 Å². The smallest absolute Gasteiger partial charge is 0.0526 e. The van der Waals surface area contributed by atoms with Gasteiger partial charge < -0.3 is 0 Å². The highest BCUT2D eigenvalue weighted by Gasteiger charge is 2.08. The number of nitrogens with zero attached hydrogens (tertiary/aromatic N) is 2. The van der Waals surface area contributed by atoms with Gasteiger partial charge in [0.1, 0.15) is 0 Å².